The zero-order valence-electron chi connectivity index (χ0n) is 13.2. The van der Waals surface area contributed by atoms with E-state index in [2.05, 4.69) is 20.5 Å². The first-order chi connectivity index (χ1) is 12.7. The van der Waals surface area contributed by atoms with E-state index < -0.39 is 0 Å². The number of thiazole rings is 1. The van der Waals surface area contributed by atoms with E-state index in [1.54, 1.807) is 12.1 Å². The molecular formula is C17H11FN4OS3. The van der Waals surface area contributed by atoms with Crippen molar-refractivity contribution in [2.75, 3.05) is 5.32 Å². The number of halogens is 1. The summed E-state index contributed by atoms with van der Waals surface area (Å²) in [5, 5.41) is 11.6. The molecule has 0 saturated carbocycles. The van der Waals surface area contributed by atoms with E-state index in [0.717, 1.165) is 20.1 Å². The number of hydrogen-bond acceptors (Lipinski definition) is 7. The highest BCUT2D eigenvalue weighted by atomic mass is 32.2. The quantitative estimate of drug-likeness (QED) is 0.382. The van der Waals surface area contributed by atoms with Crippen molar-refractivity contribution in [2.45, 2.75) is 10.1 Å². The number of nitrogens with zero attached hydrogens (tertiary/aromatic N) is 3. The zero-order chi connectivity index (χ0) is 17.9. The summed E-state index contributed by atoms with van der Waals surface area (Å²) < 4.78 is 14.6. The van der Waals surface area contributed by atoms with Crippen molar-refractivity contribution < 1.29 is 9.18 Å². The molecule has 0 bridgehead atoms. The Kier molecular flexibility index (Phi) is 4.91. The molecule has 1 amide bonds. The lowest BCUT2D eigenvalue weighted by Crippen LogP contribution is -2.11. The molecule has 4 aromatic rings. The van der Waals surface area contributed by atoms with Gasteiger partial charge in [-0.3, -0.25) is 10.1 Å². The predicted octanol–water partition coefficient (Wildman–Crippen LogP) is 4.83. The van der Waals surface area contributed by atoms with Crippen LogP contribution in [0.5, 0.6) is 0 Å². The third kappa shape index (κ3) is 3.90. The fourth-order valence-corrected chi connectivity index (χ4v) is 4.73. The van der Waals surface area contributed by atoms with Crippen molar-refractivity contribution >= 4 is 55.7 Å². The van der Waals surface area contributed by atoms with Gasteiger partial charge < -0.3 is 0 Å². The molecule has 1 N–H and O–H groups in total. The Morgan fingerprint density at radius 3 is 2.69 bits per heavy atom. The number of benzene rings is 2. The standard InChI is InChI=1S/C17H11FN4OS3/c18-11-7-5-10(6-8-11)9-24-17-22-21-16(26-17)20-14(23)15-19-12-3-1-2-4-13(12)25-15/h1-8H,9H2,(H,20,21,23). The summed E-state index contributed by atoms with van der Waals surface area (Å²) in [4.78, 5) is 16.7. The normalized spacial score (nSPS) is 11.0. The van der Waals surface area contributed by atoms with Crippen molar-refractivity contribution in [2.24, 2.45) is 0 Å². The number of carbonyl (C=O) groups is 1. The van der Waals surface area contributed by atoms with Crippen molar-refractivity contribution in [3.8, 4) is 0 Å². The van der Waals surface area contributed by atoms with Gasteiger partial charge in [0.15, 0.2) is 9.35 Å². The number of rotatable bonds is 5. The minimum absolute atomic E-state index is 0.255. The second-order valence-electron chi connectivity index (χ2n) is 5.23. The first kappa shape index (κ1) is 17.1. The molecule has 0 atom stereocenters. The van der Waals surface area contributed by atoms with Crippen LogP contribution in [0.15, 0.2) is 52.9 Å². The van der Waals surface area contributed by atoms with Crippen molar-refractivity contribution in [3.05, 3.63) is 64.9 Å². The van der Waals surface area contributed by atoms with Gasteiger partial charge in [-0.1, -0.05) is 47.4 Å². The van der Waals surface area contributed by atoms with E-state index in [0.29, 0.717) is 15.9 Å². The summed E-state index contributed by atoms with van der Waals surface area (Å²) in [5.41, 5.74) is 1.79. The number of aromatic nitrogens is 3. The molecule has 2 aromatic carbocycles. The van der Waals surface area contributed by atoms with Gasteiger partial charge in [0.1, 0.15) is 5.82 Å². The predicted molar refractivity (Wildman–Crippen MR) is 103 cm³/mol. The molecule has 9 heteroatoms. The van der Waals surface area contributed by atoms with Gasteiger partial charge in [0.05, 0.1) is 10.2 Å². The zero-order valence-corrected chi connectivity index (χ0v) is 15.6. The summed E-state index contributed by atoms with van der Waals surface area (Å²) in [6.07, 6.45) is 0. The first-order valence-corrected chi connectivity index (χ1v) is 10.2. The van der Waals surface area contributed by atoms with E-state index in [4.69, 9.17) is 0 Å². The molecule has 0 aliphatic heterocycles. The molecule has 4 rings (SSSR count). The van der Waals surface area contributed by atoms with Gasteiger partial charge in [-0.05, 0) is 29.8 Å². The monoisotopic (exact) mass is 402 g/mol. The average Bonchev–Trinajstić information content (AvgIpc) is 3.28. The Bertz CT molecular complexity index is 1030. The van der Waals surface area contributed by atoms with Gasteiger partial charge in [0.2, 0.25) is 5.13 Å². The number of hydrogen-bond donors (Lipinski definition) is 1. The van der Waals surface area contributed by atoms with Crippen LogP contribution < -0.4 is 5.32 Å². The van der Waals surface area contributed by atoms with Crippen molar-refractivity contribution in [3.63, 3.8) is 0 Å². The second kappa shape index (κ2) is 7.48. The van der Waals surface area contributed by atoms with Crippen molar-refractivity contribution in [1.29, 1.82) is 0 Å². The molecule has 2 heterocycles. The number of thioether (sulfide) groups is 1. The maximum atomic E-state index is 12.9. The minimum Gasteiger partial charge on any atom is -0.294 e. The summed E-state index contributed by atoms with van der Waals surface area (Å²) in [6, 6.07) is 13.9. The van der Waals surface area contributed by atoms with Crippen LogP contribution in [0.2, 0.25) is 0 Å². The summed E-state index contributed by atoms with van der Waals surface area (Å²) in [6.45, 7) is 0. The van der Waals surface area contributed by atoms with Crippen LogP contribution in [0.25, 0.3) is 10.2 Å². The number of carbonyl (C=O) groups excluding carboxylic acids is 1. The van der Waals surface area contributed by atoms with Gasteiger partial charge >= 0.3 is 0 Å². The Labute approximate surface area is 160 Å². The lowest BCUT2D eigenvalue weighted by Gasteiger charge is -1.98. The highest BCUT2D eigenvalue weighted by Crippen LogP contribution is 2.29. The van der Waals surface area contributed by atoms with Gasteiger partial charge in [-0.25, -0.2) is 9.37 Å². The van der Waals surface area contributed by atoms with E-state index >= 15 is 0 Å². The van der Waals surface area contributed by atoms with E-state index in [-0.39, 0.29) is 11.7 Å². The fourth-order valence-electron chi connectivity index (χ4n) is 2.16. The second-order valence-corrected chi connectivity index (χ2v) is 8.46. The van der Waals surface area contributed by atoms with Crippen LogP contribution in [0.1, 0.15) is 15.4 Å². The van der Waals surface area contributed by atoms with E-state index in [1.807, 2.05) is 24.3 Å². The van der Waals surface area contributed by atoms with Gasteiger partial charge in [0.25, 0.3) is 5.91 Å². The molecule has 0 saturated heterocycles. The summed E-state index contributed by atoms with van der Waals surface area (Å²) in [5.74, 6) is 0.104. The third-order valence-electron chi connectivity index (χ3n) is 3.39. The lowest BCUT2D eigenvalue weighted by molar-refractivity contribution is 0.102. The van der Waals surface area contributed by atoms with Crippen LogP contribution >= 0.6 is 34.4 Å². The van der Waals surface area contributed by atoms with Crippen LogP contribution in [0.4, 0.5) is 9.52 Å². The maximum Gasteiger partial charge on any atom is 0.286 e. The Morgan fingerprint density at radius 1 is 1.08 bits per heavy atom. The van der Waals surface area contributed by atoms with E-state index in [9.17, 15) is 9.18 Å². The molecule has 0 radical (unpaired) electrons. The first-order valence-electron chi connectivity index (χ1n) is 7.55. The van der Waals surface area contributed by atoms with Crippen LogP contribution in [-0.2, 0) is 5.75 Å². The SMILES string of the molecule is O=C(Nc1nnc(SCc2ccc(F)cc2)s1)c1nc2ccccc2s1. The molecule has 26 heavy (non-hydrogen) atoms. The minimum atomic E-state index is -0.294. The molecular weight excluding hydrogens is 391 g/mol. The Hall–Kier alpha value is -2.36. The largest absolute Gasteiger partial charge is 0.294 e. The number of para-hydroxylation sites is 1. The fraction of sp³-hybridized carbons (Fsp3) is 0.0588. The molecule has 0 spiro atoms. The molecule has 2 aromatic heterocycles. The topological polar surface area (TPSA) is 67.8 Å². The Balaban J connectivity index is 1.39. The van der Waals surface area contributed by atoms with Crippen molar-refractivity contribution in [1.82, 2.24) is 15.2 Å². The van der Waals surface area contributed by atoms with Gasteiger partial charge in [-0.2, -0.15) is 0 Å². The highest BCUT2D eigenvalue weighted by Gasteiger charge is 2.15. The van der Waals surface area contributed by atoms with Crippen LogP contribution in [-0.4, -0.2) is 21.1 Å². The summed E-state index contributed by atoms with van der Waals surface area (Å²) >= 11 is 4.12. The smallest absolute Gasteiger partial charge is 0.286 e. The average molecular weight is 403 g/mol. The Morgan fingerprint density at radius 2 is 1.88 bits per heavy atom. The molecule has 0 unspecified atom stereocenters. The van der Waals surface area contributed by atoms with Gasteiger partial charge in [-0.15, -0.1) is 21.5 Å². The number of anilines is 1. The number of nitrogens with one attached hydrogen (secondary N) is 1. The summed E-state index contributed by atoms with van der Waals surface area (Å²) in [7, 11) is 0. The highest BCUT2D eigenvalue weighted by molar-refractivity contribution is 8.00. The molecule has 0 aliphatic carbocycles. The van der Waals surface area contributed by atoms with Crippen LogP contribution in [0.3, 0.4) is 0 Å². The molecule has 5 nitrogen and oxygen atoms in total. The maximum absolute atomic E-state index is 12.9. The number of fused-ring (bicyclic) bond motifs is 1. The van der Waals surface area contributed by atoms with Gasteiger partial charge in [0, 0.05) is 5.75 Å². The molecule has 0 fully saturated rings. The third-order valence-corrected chi connectivity index (χ3v) is 6.47. The number of amides is 1. The van der Waals surface area contributed by atoms with Crippen LogP contribution in [0, 0.1) is 5.82 Å². The molecule has 130 valence electrons. The lowest BCUT2D eigenvalue weighted by atomic mass is 10.2. The van der Waals surface area contributed by atoms with E-state index in [1.165, 1.54) is 46.6 Å². The molecule has 0 aliphatic rings.